The van der Waals surface area contributed by atoms with Crippen LogP contribution in [0.2, 0.25) is 15.1 Å². The smallest absolute Gasteiger partial charge is 0.227 e. The maximum atomic E-state index is 13.0. The van der Waals surface area contributed by atoms with Gasteiger partial charge in [-0.1, -0.05) is 53.0 Å². The van der Waals surface area contributed by atoms with Crippen molar-refractivity contribution in [3.8, 4) is 0 Å². The average Bonchev–Trinajstić information content (AvgIpc) is 2.58. The number of nitrogens with zero attached hydrogens (tertiary/aromatic N) is 2. The predicted molar refractivity (Wildman–Crippen MR) is 116 cm³/mol. The lowest BCUT2D eigenvalue weighted by atomic mass is 9.91. The van der Waals surface area contributed by atoms with Crippen LogP contribution >= 0.6 is 47.2 Å². The van der Waals surface area contributed by atoms with Gasteiger partial charge in [0.15, 0.2) is 0 Å². The SMILES string of the molecule is CN(C)CC1c2cccc(Cl)c2CCN1C(=O)Cc1ccc(Cl)c(Cl)c1.Cl. The number of halogens is 4. The van der Waals surface area contributed by atoms with Crippen LogP contribution < -0.4 is 0 Å². The second kappa shape index (κ2) is 9.49. The van der Waals surface area contributed by atoms with Crippen molar-refractivity contribution in [2.24, 2.45) is 0 Å². The molecular weight excluding hydrogens is 426 g/mol. The number of fused-ring (bicyclic) bond motifs is 1. The summed E-state index contributed by atoms with van der Waals surface area (Å²) in [6, 6.07) is 11.3. The van der Waals surface area contributed by atoms with Gasteiger partial charge in [0.05, 0.1) is 22.5 Å². The zero-order valence-corrected chi connectivity index (χ0v) is 18.3. The van der Waals surface area contributed by atoms with E-state index in [1.807, 2.05) is 37.2 Å². The second-order valence-electron chi connectivity index (χ2n) is 6.85. The molecule has 3 rings (SSSR count). The molecule has 0 N–H and O–H groups in total. The van der Waals surface area contributed by atoms with Gasteiger partial charge in [-0.05, 0) is 55.4 Å². The summed E-state index contributed by atoms with van der Waals surface area (Å²) in [5, 5.41) is 1.75. The fourth-order valence-corrected chi connectivity index (χ4v) is 4.07. The van der Waals surface area contributed by atoms with Crippen LogP contribution in [-0.2, 0) is 17.6 Å². The molecule has 0 radical (unpaired) electrons. The van der Waals surface area contributed by atoms with Crippen molar-refractivity contribution in [3.05, 3.63) is 68.2 Å². The van der Waals surface area contributed by atoms with Crippen molar-refractivity contribution in [3.63, 3.8) is 0 Å². The Hall–Kier alpha value is -0.970. The van der Waals surface area contributed by atoms with Crippen LogP contribution in [-0.4, -0.2) is 42.9 Å². The molecule has 1 aliphatic heterocycles. The van der Waals surface area contributed by atoms with Crippen LogP contribution in [0.1, 0.15) is 22.7 Å². The molecule has 0 aliphatic carbocycles. The van der Waals surface area contributed by atoms with Crippen LogP contribution in [0, 0.1) is 0 Å². The largest absolute Gasteiger partial charge is 0.334 e. The van der Waals surface area contributed by atoms with Crippen molar-refractivity contribution < 1.29 is 4.79 Å². The van der Waals surface area contributed by atoms with E-state index in [1.54, 1.807) is 12.1 Å². The first kappa shape index (κ1) is 22.3. The molecular formula is C20H22Cl4N2O. The molecule has 1 atom stereocenters. The van der Waals surface area contributed by atoms with Crippen LogP contribution in [0.5, 0.6) is 0 Å². The molecule has 27 heavy (non-hydrogen) atoms. The quantitative estimate of drug-likeness (QED) is 0.634. The van der Waals surface area contributed by atoms with E-state index in [9.17, 15) is 4.79 Å². The lowest BCUT2D eigenvalue weighted by molar-refractivity contribution is -0.133. The van der Waals surface area contributed by atoms with E-state index in [-0.39, 0.29) is 24.4 Å². The molecule has 7 heteroatoms. The van der Waals surface area contributed by atoms with Crippen molar-refractivity contribution in [2.75, 3.05) is 27.2 Å². The molecule has 146 valence electrons. The lowest BCUT2D eigenvalue weighted by Crippen LogP contribution is -2.44. The highest BCUT2D eigenvalue weighted by Gasteiger charge is 2.32. The van der Waals surface area contributed by atoms with Crippen molar-refractivity contribution in [1.29, 1.82) is 0 Å². The third-order valence-corrected chi connectivity index (χ3v) is 5.78. The first-order chi connectivity index (χ1) is 12.4. The van der Waals surface area contributed by atoms with E-state index in [0.717, 1.165) is 34.7 Å². The van der Waals surface area contributed by atoms with Crippen LogP contribution in [0.25, 0.3) is 0 Å². The molecule has 1 amide bonds. The fourth-order valence-electron chi connectivity index (χ4n) is 3.47. The third kappa shape index (κ3) is 5.10. The van der Waals surface area contributed by atoms with Crippen molar-refractivity contribution in [1.82, 2.24) is 9.80 Å². The predicted octanol–water partition coefficient (Wildman–Crippen LogP) is 5.30. The molecule has 0 saturated carbocycles. The monoisotopic (exact) mass is 446 g/mol. The molecule has 0 fully saturated rings. The highest BCUT2D eigenvalue weighted by atomic mass is 35.5. The fraction of sp³-hybridized carbons (Fsp3) is 0.350. The highest BCUT2D eigenvalue weighted by Crippen LogP contribution is 2.34. The molecule has 0 aromatic heterocycles. The van der Waals surface area contributed by atoms with Gasteiger partial charge in [0.25, 0.3) is 0 Å². The first-order valence-corrected chi connectivity index (χ1v) is 9.65. The van der Waals surface area contributed by atoms with Crippen LogP contribution in [0.15, 0.2) is 36.4 Å². The number of hydrogen-bond acceptors (Lipinski definition) is 2. The summed E-state index contributed by atoms with van der Waals surface area (Å²) >= 11 is 18.4. The minimum atomic E-state index is -0.0114. The number of rotatable bonds is 4. The second-order valence-corrected chi connectivity index (χ2v) is 8.07. The number of likely N-dealkylation sites (N-methyl/N-ethyl adjacent to an activating group) is 1. The summed E-state index contributed by atoms with van der Waals surface area (Å²) in [5.41, 5.74) is 3.16. The summed E-state index contributed by atoms with van der Waals surface area (Å²) in [6.07, 6.45) is 1.07. The van der Waals surface area contributed by atoms with E-state index in [1.165, 1.54) is 0 Å². The Morgan fingerprint density at radius 2 is 1.85 bits per heavy atom. The summed E-state index contributed by atoms with van der Waals surface area (Å²) in [4.78, 5) is 17.1. The molecule has 1 aliphatic rings. The Morgan fingerprint density at radius 3 is 2.52 bits per heavy atom. The normalized spacial score (nSPS) is 16.1. The van der Waals surface area contributed by atoms with E-state index in [2.05, 4.69) is 11.0 Å². The van der Waals surface area contributed by atoms with Gasteiger partial charge in [-0.2, -0.15) is 0 Å². The van der Waals surface area contributed by atoms with Crippen molar-refractivity contribution in [2.45, 2.75) is 18.9 Å². The number of carbonyl (C=O) groups is 1. The van der Waals surface area contributed by atoms with Gasteiger partial charge in [0.2, 0.25) is 5.91 Å². The van der Waals surface area contributed by atoms with Gasteiger partial charge in [0.1, 0.15) is 0 Å². The summed E-state index contributed by atoms with van der Waals surface area (Å²) in [6.45, 7) is 1.41. The maximum Gasteiger partial charge on any atom is 0.227 e. The Balaban J connectivity index is 0.00000261. The van der Waals surface area contributed by atoms with Gasteiger partial charge in [0, 0.05) is 18.1 Å². The van der Waals surface area contributed by atoms with Gasteiger partial charge in [-0.3, -0.25) is 4.79 Å². The molecule has 3 nitrogen and oxygen atoms in total. The molecule has 0 spiro atoms. The Labute approximate surface area is 181 Å². The zero-order valence-electron chi connectivity index (χ0n) is 15.2. The van der Waals surface area contributed by atoms with E-state index in [4.69, 9.17) is 34.8 Å². The number of carbonyl (C=O) groups excluding carboxylic acids is 1. The summed E-state index contributed by atoms with van der Waals surface area (Å²) in [7, 11) is 4.03. The first-order valence-electron chi connectivity index (χ1n) is 8.52. The van der Waals surface area contributed by atoms with E-state index < -0.39 is 0 Å². The molecule has 0 saturated heterocycles. The van der Waals surface area contributed by atoms with Gasteiger partial charge >= 0.3 is 0 Å². The van der Waals surface area contributed by atoms with Gasteiger partial charge in [-0.15, -0.1) is 12.4 Å². The van der Waals surface area contributed by atoms with E-state index >= 15 is 0 Å². The highest BCUT2D eigenvalue weighted by molar-refractivity contribution is 6.42. The molecule has 2 aromatic rings. The third-order valence-electron chi connectivity index (χ3n) is 4.69. The minimum absolute atomic E-state index is 0. The minimum Gasteiger partial charge on any atom is -0.334 e. The Morgan fingerprint density at radius 1 is 1.11 bits per heavy atom. The summed E-state index contributed by atoms with van der Waals surface area (Å²) < 4.78 is 0. The molecule has 1 unspecified atom stereocenters. The Bertz CT molecular complexity index is 826. The summed E-state index contributed by atoms with van der Waals surface area (Å²) in [5.74, 6) is 0.0841. The van der Waals surface area contributed by atoms with E-state index in [0.29, 0.717) is 23.0 Å². The number of benzene rings is 2. The topological polar surface area (TPSA) is 23.6 Å². The van der Waals surface area contributed by atoms with Crippen LogP contribution in [0.3, 0.4) is 0 Å². The van der Waals surface area contributed by atoms with Crippen molar-refractivity contribution >= 4 is 53.1 Å². The lowest BCUT2D eigenvalue weighted by Gasteiger charge is -2.39. The molecule has 1 heterocycles. The van der Waals surface area contributed by atoms with Crippen LogP contribution in [0.4, 0.5) is 0 Å². The van der Waals surface area contributed by atoms with Gasteiger partial charge < -0.3 is 9.80 Å². The zero-order chi connectivity index (χ0) is 18.8. The Kier molecular flexibility index (Phi) is 7.84. The standard InChI is InChI=1S/C20H21Cl3N2O.ClH/c1-24(2)12-19-15-4-3-5-16(21)14(15)8-9-25(19)20(26)11-13-6-7-17(22)18(23)10-13;/h3-7,10,19H,8-9,11-12H2,1-2H3;1H. The average molecular weight is 448 g/mol. The van der Waals surface area contributed by atoms with Gasteiger partial charge in [-0.25, -0.2) is 0 Å². The number of amides is 1. The number of hydrogen-bond donors (Lipinski definition) is 0. The maximum absolute atomic E-state index is 13.0. The molecule has 2 aromatic carbocycles. The molecule has 0 bridgehead atoms.